The molecule has 1 fully saturated rings. The molecule has 120 valence electrons. The number of piperidine rings is 1. The number of carboxylic acid groups (broad SMARTS) is 1. The fraction of sp³-hybridized carbons (Fsp3) is 0.786. The summed E-state index contributed by atoms with van der Waals surface area (Å²) < 4.78 is 4.70. The van der Waals surface area contributed by atoms with Gasteiger partial charge in [0.1, 0.15) is 0 Å². The van der Waals surface area contributed by atoms with Gasteiger partial charge in [-0.1, -0.05) is 13.3 Å². The van der Waals surface area contributed by atoms with Gasteiger partial charge in [0.15, 0.2) is 0 Å². The molecule has 0 radical (unpaired) electrons. The van der Waals surface area contributed by atoms with E-state index in [4.69, 9.17) is 9.84 Å². The molecule has 0 aromatic heterocycles. The minimum atomic E-state index is -0.918. The van der Waals surface area contributed by atoms with E-state index in [2.05, 4.69) is 5.32 Å². The lowest BCUT2D eigenvalue weighted by Crippen LogP contribution is -2.49. The van der Waals surface area contributed by atoms with Crippen molar-refractivity contribution in [3.63, 3.8) is 0 Å². The summed E-state index contributed by atoms with van der Waals surface area (Å²) >= 11 is 0. The number of carboxylic acids is 1. The number of methoxy groups -OCH3 is 1. The number of nitrogens with one attached hydrogen (secondary N) is 1. The minimum Gasteiger partial charge on any atom is -0.481 e. The van der Waals surface area contributed by atoms with Crippen molar-refractivity contribution < 1.29 is 24.2 Å². The van der Waals surface area contributed by atoms with Crippen LogP contribution in [0.3, 0.4) is 0 Å². The Morgan fingerprint density at radius 3 is 2.43 bits per heavy atom. The number of likely N-dealkylation sites (tertiary alicyclic amines) is 1. The van der Waals surface area contributed by atoms with Crippen molar-refractivity contribution in [3.05, 3.63) is 0 Å². The Morgan fingerprint density at radius 2 is 1.95 bits per heavy atom. The number of amides is 2. The van der Waals surface area contributed by atoms with Crippen molar-refractivity contribution in [2.45, 2.75) is 45.1 Å². The zero-order chi connectivity index (χ0) is 15.8. The number of carbonyl (C=O) groups excluding carboxylic acids is 2. The Hall–Kier alpha value is -1.79. The summed E-state index contributed by atoms with van der Waals surface area (Å²) in [5.41, 5.74) is 0. The Kier molecular flexibility index (Phi) is 6.98. The maximum absolute atomic E-state index is 12.1. The fourth-order valence-corrected chi connectivity index (χ4v) is 2.54. The zero-order valence-corrected chi connectivity index (χ0v) is 12.6. The van der Waals surface area contributed by atoms with Crippen LogP contribution in [0.4, 0.5) is 4.79 Å². The third kappa shape index (κ3) is 5.61. The van der Waals surface area contributed by atoms with Crippen LogP contribution in [0.15, 0.2) is 0 Å². The second-order valence-corrected chi connectivity index (χ2v) is 5.32. The smallest absolute Gasteiger partial charge is 0.317 e. The van der Waals surface area contributed by atoms with E-state index in [1.54, 1.807) is 4.90 Å². The normalized spacial score (nSPS) is 17.1. The highest BCUT2D eigenvalue weighted by molar-refractivity contribution is 5.77. The molecule has 21 heavy (non-hydrogen) atoms. The van der Waals surface area contributed by atoms with E-state index in [9.17, 15) is 14.4 Å². The van der Waals surface area contributed by atoms with Gasteiger partial charge in [-0.2, -0.15) is 0 Å². The van der Waals surface area contributed by atoms with Gasteiger partial charge in [-0.25, -0.2) is 4.79 Å². The molecule has 1 heterocycles. The molecule has 1 atom stereocenters. The largest absolute Gasteiger partial charge is 0.481 e. The van der Waals surface area contributed by atoms with Crippen molar-refractivity contribution in [2.24, 2.45) is 5.92 Å². The van der Waals surface area contributed by atoms with Gasteiger partial charge in [-0.3, -0.25) is 9.59 Å². The number of carbonyl (C=O) groups is 3. The number of hydrogen-bond donors (Lipinski definition) is 2. The van der Waals surface area contributed by atoms with Gasteiger partial charge in [0.25, 0.3) is 0 Å². The van der Waals surface area contributed by atoms with Crippen LogP contribution in [0.5, 0.6) is 0 Å². The molecule has 1 aliphatic heterocycles. The van der Waals surface area contributed by atoms with Gasteiger partial charge in [0.05, 0.1) is 19.4 Å². The Bertz CT molecular complexity index is 378. The van der Waals surface area contributed by atoms with E-state index >= 15 is 0 Å². The van der Waals surface area contributed by atoms with Gasteiger partial charge < -0.3 is 20.1 Å². The van der Waals surface area contributed by atoms with Crippen LogP contribution in [-0.4, -0.2) is 54.2 Å². The van der Waals surface area contributed by atoms with Crippen LogP contribution < -0.4 is 5.32 Å². The van der Waals surface area contributed by atoms with Crippen LogP contribution in [0.1, 0.15) is 39.0 Å². The average Bonchev–Trinajstić information content (AvgIpc) is 2.46. The lowest BCUT2D eigenvalue weighted by Gasteiger charge is -2.32. The quantitative estimate of drug-likeness (QED) is 0.719. The predicted molar refractivity (Wildman–Crippen MR) is 75.8 cm³/mol. The molecule has 1 rings (SSSR count). The maximum Gasteiger partial charge on any atom is 0.317 e. The SMILES string of the molecule is CCCC(CC(=O)O)NC(=O)N1CCC(C(=O)OC)CC1. The first kappa shape index (κ1) is 17.3. The van der Waals surface area contributed by atoms with E-state index in [1.165, 1.54) is 7.11 Å². The highest BCUT2D eigenvalue weighted by Crippen LogP contribution is 2.18. The fourth-order valence-electron chi connectivity index (χ4n) is 2.54. The molecule has 2 amide bonds. The number of esters is 1. The summed E-state index contributed by atoms with van der Waals surface area (Å²) in [4.78, 5) is 35.9. The van der Waals surface area contributed by atoms with Gasteiger partial charge in [-0.15, -0.1) is 0 Å². The average molecular weight is 300 g/mol. The number of hydrogen-bond acceptors (Lipinski definition) is 4. The van der Waals surface area contributed by atoms with Gasteiger partial charge in [-0.05, 0) is 19.3 Å². The molecule has 1 saturated heterocycles. The summed E-state index contributed by atoms with van der Waals surface area (Å²) in [6, 6.07) is -0.601. The summed E-state index contributed by atoms with van der Waals surface area (Å²) in [5.74, 6) is -1.30. The number of rotatable bonds is 6. The van der Waals surface area contributed by atoms with Crippen molar-refractivity contribution in [2.75, 3.05) is 20.2 Å². The highest BCUT2D eigenvalue weighted by atomic mass is 16.5. The van der Waals surface area contributed by atoms with Crippen molar-refractivity contribution >= 4 is 18.0 Å². The van der Waals surface area contributed by atoms with Gasteiger partial charge in [0.2, 0.25) is 0 Å². The van der Waals surface area contributed by atoms with E-state index in [0.717, 1.165) is 6.42 Å². The first-order valence-corrected chi connectivity index (χ1v) is 7.33. The van der Waals surface area contributed by atoms with Crippen LogP contribution in [0, 0.1) is 5.92 Å². The molecule has 7 heteroatoms. The molecule has 0 aromatic carbocycles. The summed E-state index contributed by atoms with van der Waals surface area (Å²) in [6.07, 6.45) is 2.53. The van der Waals surface area contributed by atoms with Crippen LogP contribution in [0.2, 0.25) is 0 Å². The molecule has 1 aliphatic rings. The topological polar surface area (TPSA) is 95.9 Å². The Labute approximate surface area is 124 Å². The van der Waals surface area contributed by atoms with Crippen molar-refractivity contribution in [1.29, 1.82) is 0 Å². The first-order chi connectivity index (χ1) is 9.97. The molecule has 0 spiro atoms. The van der Waals surface area contributed by atoms with E-state index < -0.39 is 5.97 Å². The second kappa shape index (κ2) is 8.49. The van der Waals surface area contributed by atoms with Crippen LogP contribution >= 0.6 is 0 Å². The van der Waals surface area contributed by atoms with E-state index in [-0.39, 0.29) is 30.4 Å². The maximum atomic E-state index is 12.1. The molecule has 0 aromatic rings. The van der Waals surface area contributed by atoms with Crippen LogP contribution in [0.25, 0.3) is 0 Å². The molecule has 1 unspecified atom stereocenters. The van der Waals surface area contributed by atoms with Crippen LogP contribution in [-0.2, 0) is 14.3 Å². The second-order valence-electron chi connectivity index (χ2n) is 5.32. The molecular weight excluding hydrogens is 276 g/mol. The molecule has 7 nitrogen and oxygen atoms in total. The number of nitrogens with zero attached hydrogens (tertiary/aromatic N) is 1. The number of urea groups is 1. The monoisotopic (exact) mass is 300 g/mol. The molecular formula is C14H24N2O5. The number of aliphatic carboxylic acids is 1. The Morgan fingerprint density at radius 1 is 1.33 bits per heavy atom. The van der Waals surface area contributed by atoms with Crippen molar-refractivity contribution in [3.8, 4) is 0 Å². The first-order valence-electron chi connectivity index (χ1n) is 7.33. The lowest BCUT2D eigenvalue weighted by molar-refractivity contribution is -0.146. The van der Waals surface area contributed by atoms with Gasteiger partial charge >= 0.3 is 18.0 Å². The van der Waals surface area contributed by atoms with Gasteiger partial charge in [0, 0.05) is 19.1 Å². The summed E-state index contributed by atoms with van der Waals surface area (Å²) in [5, 5.41) is 11.6. The lowest BCUT2D eigenvalue weighted by atomic mass is 9.97. The number of ether oxygens (including phenoxy) is 1. The molecule has 2 N–H and O–H groups in total. The highest BCUT2D eigenvalue weighted by Gasteiger charge is 2.28. The zero-order valence-electron chi connectivity index (χ0n) is 12.6. The Balaban J connectivity index is 2.45. The standard InChI is InChI=1S/C14H24N2O5/c1-3-4-11(9-12(17)18)15-14(20)16-7-5-10(6-8-16)13(19)21-2/h10-11H,3-9H2,1-2H3,(H,15,20)(H,17,18). The molecule has 0 saturated carbocycles. The molecule has 0 aliphatic carbocycles. The predicted octanol–water partition coefficient (Wildman–Crippen LogP) is 1.22. The van der Waals surface area contributed by atoms with Crippen molar-refractivity contribution in [1.82, 2.24) is 10.2 Å². The third-order valence-corrected chi connectivity index (χ3v) is 3.70. The summed E-state index contributed by atoms with van der Waals surface area (Å²) in [6.45, 7) is 2.91. The summed E-state index contributed by atoms with van der Waals surface area (Å²) in [7, 11) is 1.36. The third-order valence-electron chi connectivity index (χ3n) is 3.70. The van der Waals surface area contributed by atoms with E-state index in [1.807, 2.05) is 6.92 Å². The minimum absolute atomic E-state index is 0.0712. The van der Waals surface area contributed by atoms with E-state index in [0.29, 0.717) is 32.4 Å². The molecule has 0 bridgehead atoms.